The minimum Gasteiger partial charge on any atom is -0.356 e. The van der Waals surface area contributed by atoms with E-state index in [2.05, 4.69) is 34.2 Å². The highest BCUT2D eigenvalue weighted by Gasteiger charge is 2.24. The minimum absolute atomic E-state index is 0.171. The number of unbranched alkanes of at least 4 members (excludes halogenated alkanes) is 1. The second-order valence-electron chi connectivity index (χ2n) is 6.23. The van der Waals surface area contributed by atoms with Crippen molar-refractivity contribution in [2.45, 2.75) is 31.7 Å². The highest BCUT2D eigenvalue weighted by atomic mass is 16.1. The van der Waals surface area contributed by atoms with E-state index in [1.54, 1.807) is 0 Å². The molecule has 1 N–H and O–H groups in total. The summed E-state index contributed by atoms with van der Waals surface area (Å²) in [6.07, 6.45) is 5.47. The Morgan fingerprint density at radius 3 is 2.95 bits per heavy atom. The molecule has 22 heavy (non-hydrogen) atoms. The Morgan fingerprint density at radius 1 is 1.32 bits per heavy atom. The lowest BCUT2D eigenvalue weighted by atomic mass is 10.1. The van der Waals surface area contributed by atoms with Gasteiger partial charge in [-0.25, -0.2) is 0 Å². The second kappa shape index (κ2) is 8.86. The Bertz CT molecular complexity index is 451. The Kier molecular flexibility index (Phi) is 6.80. The van der Waals surface area contributed by atoms with Gasteiger partial charge in [-0.2, -0.15) is 0 Å². The van der Waals surface area contributed by atoms with Crippen LogP contribution in [0.4, 0.5) is 0 Å². The molecule has 0 aromatic carbocycles. The summed E-state index contributed by atoms with van der Waals surface area (Å²) >= 11 is 0. The van der Waals surface area contributed by atoms with Crippen molar-refractivity contribution in [1.82, 2.24) is 20.1 Å². The highest BCUT2D eigenvalue weighted by molar-refractivity contribution is 5.76. The minimum atomic E-state index is 0.171. The first-order valence-electron chi connectivity index (χ1n) is 8.20. The first-order chi connectivity index (χ1) is 10.6. The maximum atomic E-state index is 12.0. The van der Waals surface area contributed by atoms with Crippen LogP contribution in [0.15, 0.2) is 24.4 Å². The third kappa shape index (κ3) is 5.73. The van der Waals surface area contributed by atoms with Crippen LogP contribution in [0, 0.1) is 0 Å². The molecule has 2 rings (SSSR count). The van der Waals surface area contributed by atoms with Gasteiger partial charge < -0.3 is 15.1 Å². The Labute approximate surface area is 133 Å². The van der Waals surface area contributed by atoms with Crippen LogP contribution in [0.2, 0.25) is 0 Å². The number of aryl methyl sites for hydroxylation is 1. The lowest BCUT2D eigenvalue weighted by molar-refractivity contribution is -0.122. The molecule has 0 unspecified atom stereocenters. The third-order valence-corrected chi connectivity index (χ3v) is 4.31. The zero-order valence-corrected chi connectivity index (χ0v) is 13.8. The number of carbonyl (C=O) groups is 1. The Hall–Kier alpha value is -1.46. The van der Waals surface area contributed by atoms with Crippen molar-refractivity contribution in [2.75, 3.05) is 40.3 Å². The first-order valence-corrected chi connectivity index (χ1v) is 8.20. The second-order valence-corrected chi connectivity index (χ2v) is 6.23. The molecule has 0 bridgehead atoms. The molecule has 1 aliphatic rings. The summed E-state index contributed by atoms with van der Waals surface area (Å²) in [7, 11) is 4.23. The molecule has 1 fully saturated rings. The van der Waals surface area contributed by atoms with Crippen molar-refractivity contribution < 1.29 is 4.79 Å². The van der Waals surface area contributed by atoms with Gasteiger partial charge in [-0.15, -0.1) is 0 Å². The lowest BCUT2D eigenvalue weighted by Gasteiger charge is -2.37. The summed E-state index contributed by atoms with van der Waals surface area (Å²) in [5.41, 5.74) is 1.13. The molecule has 1 aliphatic heterocycles. The van der Waals surface area contributed by atoms with Gasteiger partial charge >= 0.3 is 0 Å². The van der Waals surface area contributed by atoms with Gasteiger partial charge in [0.25, 0.3) is 0 Å². The predicted molar refractivity (Wildman–Crippen MR) is 88.7 cm³/mol. The Balaban J connectivity index is 1.57. The van der Waals surface area contributed by atoms with Crippen molar-refractivity contribution in [2.24, 2.45) is 0 Å². The van der Waals surface area contributed by atoms with Crippen LogP contribution in [0.5, 0.6) is 0 Å². The number of hydrogen-bond donors (Lipinski definition) is 1. The van der Waals surface area contributed by atoms with Crippen LogP contribution in [-0.4, -0.2) is 67.0 Å². The molecule has 1 aromatic heterocycles. The number of rotatable bonds is 7. The van der Waals surface area contributed by atoms with Crippen molar-refractivity contribution in [3.05, 3.63) is 30.1 Å². The topological polar surface area (TPSA) is 48.5 Å². The van der Waals surface area contributed by atoms with Gasteiger partial charge in [-0.1, -0.05) is 6.07 Å². The summed E-state index contributed by atoms with van der Waals surface area (Å²) in [4.78, 5) is 20.9. The molecular formula is C17H28N4O. The van der Waals surface area contributed by atoms with Gasteiger partial charge in [0.2, 0.25) is 5.91 Å². The Morgan fingerprint density at radius 2 is 2.18 bits per heavy atom. The number of nitrogens with zero attached hydrogens (tertiary/aromatic N) is 3. The average Bonchev–Trinajstić information content (AvgIpc) is 2.51. The number of amides is 1. The summed E-state index contributed by atoms with van der Waals surface area (Å²) in [6, 6.07) is 6.34. The maximum Gasteiger partial charge on any atom is 0.221 e. The van der Waals surface area contributed by atoms with E-state index in [1.165, 1.54) is 0 Å². The number of nitrogens with one attached hydrogen (secondary N) is 1. The van der Waals surface area contributed by atoms with E-state index in [0.29, 0.717) is 12.5 Å². The van der Waals surface area contributed by atoms with Crippen molar-refractivity contribution in [3.63, 3.8) is 0 Å². The van der Waals surface area contributed by atoms with Crippen LogP contribution in [0.25, 0.3) is 0 Å². The molecule has 0 spiro atoms. The van der Waals surface area contributed by atoms with Gasteiger partial charge in [0.1, 0.15) is 0 Å². The summed E-state index contributed by atoms with van der Waals surface area (Å²) in [5, 5.41) is 3.05. The third-order valence-electron chi connectivity index (χ3n) is 4.31. The number of aromatic nitrogens is 1. The number of pyridine rings is 1. The van der Waals surface area contributed by atoms with E-state index < -0.39 is 0 Å². The van der Waals surface area contributed by atoms with Crippen LogP contribution in [-0.2, 0) is 11.2 Å². The summed E-state index contributed by atoms with van der Waals surface area (Å²) in [6.45, 7) is 3.86. The fourth-order valence-electron chi connectivity index (χ4n) is 2.81. The molecule has 5 heteroatoms. The van der Waals surface area contributed by atoms with Crippen LogP contribution in [0.1, 0.15) is 25.0 Å². The molecule has 0 saturated carbocycles. The van der Waals surface area contributed by atoms with Crippen molar-refractivity contribution in [3.8, 4) is 0 Å². The van der Waals surface area contributed by atoms with Gasteiger partial charge in [-0.3, -0.25) is 9.78 Å². The molecule has 0 radical (unpaired) electrons. The fraction of sp³-hybridized carbons (Fsp3) is 0.647. The molecule has 1 amide bonds. The smallest absolute Gasteiger partial charge is 0.221 e. The van der Waals surface area contributed by atoms with E-state index in [9.17, 15) is 4.79 Å². The monoisotopic (exact) mass is 304 g/mol. The largest absolute Gasteiger partial charge is 0.356 e. The number of carbonyl (C=O) groups excluding carboxylic acids is 1. The molecule has 2 heterocycles. The van der Waals surface area contributed by atoms with E-state index in [0.717, 1.165) is 51.1 Å². The molecule has 1 atom stereocenters. The van der Waals surface area contributed by atoms with Gasteiger partial charge in [-0.05, 0) is 45.5 Å². The van der Waals surface area contributed by atoms with E-state index in [-0.39, 0.29) is 5.91 Å². The number of likely N-dealkylation sites (N-methyl/N-ethyl adjacent to an activating group) is 2. The van der Waals surface area contributed by atoms with Crippen molar-refractivity contribution >= 4 is 5.91 Å². The number of hydrogen-bond acceptors (Lipinski definition) is 4. The maximum absolute atomic E-state index is 12.0. The molecule has 122 valence electrons. The zero-order valence-electron chi connectivity index (χ0n) is 13.8. The van der Waals surface area contributed by atoms with Crippen molar-refractivity contribution in [1.29, 1.82) is 0 Å². The molecule has 0 aliphatic carbocycles. The predicted octanol–water partition coefficient (Wildman–Crippen LogP) is 1.16. The summed E-state index contributed by atoms with van der Waals surface area (Å²) < 4.78 is 0. The summed E-state index contributed by atoms with van der Waals surface area (Å²) in [5.74, 6) is 0.171. The normalized spacial score (nSPS) is 20.0. The first kappa shape index (κ1) is 16.9. The quantitative estimate of drug-likeness (QED) is 0.768. The zero-order chi connectivity index (χ0) is 15.8. The van der Waals surface area contributed by atoms with Crippen LogP contribution >= 0.6 is 0 Å². The van der Waals surface area contributed by atoms with E-state index >= 15 is 0 Å². The molecule has 1 aromatic rings. The SMILES string of the molecule is CN1CCN(C)[C@H](CC(=O)NCCCCc2ccccn2)C1. The van der Waals surface area contributed by atoms with Gasteiger partial charge in [0.15, 0.2) is 0 Å². The van der Waals surface area contributed by atoms with Gasteiger partial charge in [0.05, 0.1) is 0 Å². The molecule has 5 nitrogen and oxygen atoms in total. The fourth-order valence-corrected chi connectivity index (χ4v) is 2.81. The lowest BCUT2D eigenvalue weighted by Crippen LogP contribution is -2.51. The van der Waals surface area contributed by atoms with Gasteiger partial charge in [0, 0.05) is 50.5 Å². The van der Waals surface area contributed by atoms with Crippen LogP contribution in [0.3, 0.4) is 0 Å². The highest BCUT2D eigenvalue weighted by Crippen LogP contribution is 2.09. The standard InChI is InChI=1S/C17H28N4O/c1-20-11-12-21(2)16(14-20)13-17(22)19-10-6-4-8-15-7-3-5-9-18-15/h3,5,7,9,16H,4,6,8,10-14H2,1-2H3,(H,19,22)/t16-/m1/s1. The number of piperazine rings is 1. The van der Waals surface area contributed by atoms with E-state index in [1.807, 2.05) is 24.4 Å². The van der Waals surface area contributed by atoms with E-state index in [4.69, 9.17) is 0 Å². The molecular weight excluding hydrogens is 276 g/mol. The van der Waals surface area contributed by atoms with Crippen LogP contribution < -0.4 is 5.32 Å². The average molecular weight is 304 g/mol. The molecule has 1 saturated heterocycles.